The van der Waals surface area contributed by atoms with E-state index in [1.165, 1.54) is 0 Å². The van der Waals surface area contributed by atoms with E-state index in [-0.39, 0.29) is 26.4 Å². The monoisotopic (exact) mass is 208 g/mol. The van der Waals surface area contributed by atoms with Crippen molar-refractivity contribution in [2.45, 2.75) is 25.4 Å². The molecule has 0 fully saturated rings. The van der Waals surface area contributed by atoms with Crippen molar-refractivity contribution >= 4 is 0 Å². The van der Waals surface area contributed by atoms with Gasteiger partial charge in [0.2, 0.25) is 0 Å². The Balaban J connectivity index is 3.82. The summed E-state index contributed by atoms with van der Waals surface area (Å²) in [6.45, 7) is -1.13. The summed E-state index contributed by atoms with van der Waals surface area (Å²) in [4.78, 5) is 0. The molecule has 5 heteroatoms. The molecular weight excluding hydrogens is 188 g/mol. The van der Waals surface area contributed by atoms with Crippen LogP contribution in [0.4, 0.5) is 0 Å². The van der Waals surface area contributed by atoms with Crippen LogP contribution >= 0.6 is 0 Å². The van der Waals surface area contributed by atoms with E-state index < -0.39 is 11.5 Å². The zero-order valence-electron chi connectivity index (χ0n) is 8.26. The Hall–Kier alpha value is -0.200. The predicted molar refractivity (Wildman–Crippen MR) is 50.6 cm³/mol. The molecule has 0 aliphatic heterocycles. The van der Waals surface area contributed by atoms with Crippen molar-refractivity contribution in [3.8, 4) is 0 Å². The summed E-state index contributed by atoms with van der Waals surface area (Å²) in [5.41, 5.74) is -0.866. The largest absolute Gasteiger partial charge is 0.396 e. The Kier molecular flexibility index (Phi) is 7.04. The average molecular weight is 208 g/mol. The first-order valence-corrected chi connectivity index (χ1v) is 4.75. The first-order valence-electron chi connectivity index (χ1n) is 4.75. The third-order valence-corrected chi connectivity index (χ3v) is 2.46. The Labute approximate surface area is 83.6 Å². The molecule has 5 nitrogen and oxygen atoms in total. The minimum Gasteiger partial charge on any atom is -0.396 e. The van der Waals surface area contributed by atoms with Gasteiger partial charge in [-0.3, -0.25) is 0 Å². The summed E-state index contributed by atoms with van der Waals surface area (Å²) in [6, 6.07) is 0. The number of hydrogen-bond acceptors (Lipinski definition) is 5. The molecule has 0 aromatic rings. The van der Waals surface area contributed by atoms with E-state index in [0.717, 1.165) is 0 Å². The van der Waals surface area contributed by atoms with E-state index in [2.05, 4.69) is 0 Å². The molecule has 0 saturated carbocycles. The molecule has 1 unspecified atom stereocenters. The topological polar surface area (TPSA) is 101 Å². The maximum absolute atomic E-state index is 9.04. The molecule has 0 bridgehead atoms. The third-order valence-electron chi connectivity index (χ3n) is 2.46. The van der Waals surface area contributed by atoms with Crippen molar-refractivity contribution in [3.63, 3.8) is 0 Å². The van der Waals surface area contributed by atoms with Gasteiger partial charge in [-0.05, 0) is 19.3 Å². The molecule has 0 aliphatic rings. The molecule has 0 aromatic carbocycles. The lowest BCUT2D eigenvalue weighted by atomic mass is 9.85. The van der Waals surface area contributed by atoms with Crippen LogP contribution in [0, 0.1) is 5.41 Å². The summed E-state index contributed by atoms with van der Waals surface area (Å²) >= 11 is 0. The van der Waals surface area contributed by atoms with E-state index in [1.807, 2.05) is 0 Å². The summed E-state index contributed by atoms with van der Waals surface area (Å²) in [6.07, 6.45) is 0.610. The second-order valence-corrected chi connectivity index (χ2v) is 3.70. The second-order valence-electron chi connectivity index (χ2n) is 3.70. The van der Waals surface area contributed by atoms with Gasteiger partial charge in [-0.2, -0.15) is 0 Å². The molecule has 0 aromatic heterocycles. The fourth-order valence-electron chi connectivity index (χ4n) is 1.19. The maximum atomic E-state index is 9.04. The number of aliphatic hydroxyl groups is 5. The molecule has 0 heterocycles. The van der Waals surface area contributed by atoms with Crippen LogP contribution in [0.15, 0.2) is 0 Å². The highest BCUT2D eigenvalue weighted by Gasteiger charge is 2.27. The van der Waals surface area contributed by atoms with Crippen LogP contribution in [0.25, 0.3) is 0 Å². The molecular formula is C9H20O5. The standard InChI is InChI=1S/C9H20O5/c10-4-8(14)2-1-3-9(5-11,6-12)7-13/h8,10-14H,1-7H2. The minimum atomic E-state index is -0.866. The van der Waals surface area contributed by atoms with E-state index in [1.54, 1.807) is 0 Å². The van der Waals surface area contributed by atoms with Gasteiger partial charge >= 0.3 is 0 Å². The summed E-state index contributed by atoms with van der Waals surface area (Å²) in [5, 5.41) is 44.5. The van der Waals surface area contributed by atoms with Gasteiger partial charge in [-0.15, -0.1) is 0 Å². The third kappa shape index (κ3) is 4.34. The SMILES string of the molecule is OCC(O)CCCC(CO)(CO)CO. The molecule has 1 atom stereocenters. The second kappa shape index (κ2) is 7.14. The van der Waals surface area contributed by atoms with Crippen LogP contribution in [-0.2, 0) is 0 Å². The van der Waals surface area contributed by atoms with E-state index in [9.17, 15) is 0 Å². The summed E-state index contributed by atoms with van der Waals surface area (Å²) in [5.74, 6) is 0. The zero-order chi connectivity index (χ0) is 11.0. The van der Waals surface area contributed by atoms with Gasteiger partial charge in [0.05, 0.1) is 32.5 Å². The van der Waals surface area contributed by atoms with Gasteiger partial charge in [-0.25, -0.2) is 0 Å². The Bertz CT molecular complexity index is 127. The molecule has 0 saturated heterocycles. The smallest absolute Gasteiger partial charge is 0.0770 e. The van der Waals surface area contributed by atoms with Gasteiger partial charge in [0, 0.05) is 5.41 Å². The molecule has 0 amide bonds. The van der Waals surface area contributed by atoms with E-state index in [0.29, 0.717) is 19.3 Å². The van der Waals surface area contributed by atoms with Crippen molar-refractivity contribution < 1.29 is 25.5 Å². The first kappa shape index (κ1) is 13.8. The molecule has 0 aliphatic carbocycles. The van der Waals surface area contributed by atoms with E-state index in [4.69, 9.17) is 25.5 Å². The molecule has 0 radical (unpaired) electrons. The van der Waals surface area contributed by atoms with Crippen molar-refractivity contribution in [1.82, 2.24) is 0 Å². The van der Waals surface area contributed by atoms with Gasteiger partial charge in [0.25, 0.3) is 0 Å². The van der Waals surface area contributed by atoms with Crippen LogP contribution in [0.3, 0.4) is 0 Å². The van der Waals surface area contributed by atoms with E-state index >= 15 is 0 Å². The quantitative estimate of drug-likeness (QED) is 0.333. The highest BCUT2D eigenvalue weighted by Crippen LogP contribution is 2.23. The van der Waals surface area contributed by atoms with Crippen molar-refractivity contribution in [3.05, 3.63) is 0 Å². The van der Waals surface area contributed by atoms with Crippen LogP contribution in [0.1, 0.15) is 19.3 Å². The maximum Gasteiger partial charge on any atom is 0.0770 e. The zero-order valence-corrected chi connectivity index (χ0v) is 8.26. The molecule has 0 spiro atoms. The van der Waals surface area contributed by atoms with Crippen LogP contribution in [0.5, 0.6) is 0 Å². The van der Waals surface area contributed by atoms with Gasteiger partial charge < -0.3 is 25.5 Å². The predicted octanol–water partition coefficient (Wildman–Crippen LogP) is -1.53. The highest BCUT2D eigenvalue weighted by atomic mass is 16.3. The molecule has 0 rings (SSSR count). The Morgan fingerprint density at radius 1 is 0.929 bits per heavy atom. The number of aliphatic hydroxyl groups excluding tert-OH is 5. The fraction of sp³-hybridized carbons (Fsp3) is 1.00. The summed E-state index contributed by atoms with van der Waals surface area (Å²) < 4.78 is 0. The van der Waals surface area contributed by atoms with Crippen LogP contribution in [-0.4, -0.2) is 58.1 Å². The summed E-state index contributed by atoms with van der Waals surface area (Å²) in [7, 11) is 0. The average Bonchev–Trinajstić information content (AvgIpc) is 2.25. The molecule has 5 N–H and O–H groups in total. The number of rotatable bonds is 8. The first-order chi connectivity index (χ1) is 6.64. The number of hydrogen-bond donors (Lipinski definition) is 5. The minimum absolute atomic E-state index is 0.283. The normalized spacial score (nSPS) is 14.4. The lowest BCUT2D eigenvalue weighted by Gasteiger charge is -2.27. The molecule has 14 heavy (non-hydrogen) atoms. The van der Waals surface area contributed by atoms with Crippen molar-refractivity contribution in [2.75, 3.05) is 26.4 Å². The molecule has 86 valence electrons. The Morgan fingerprint density at radius 2 is 1.43 bits per heavy atom. The van der Waals surface area contributed by atoms with Crippen LogP contribution in [0.2, 0.25) is 0 Å². The lowest BCUT2D eigenvalue weighted by molar-refractivity contribution is -0.00595. The van der Waals surface area contributed by atoms with Gasteiger partial charge in [0.1, 0.15) is 0 Å². The fourth-order valence-corrected chi connectivity index (χ4v) is 1.19. The highest BCUT2D eigenvalue weighted by molar-refractivity contribution is 4.77. The van der Waals surface area contributed by atoms with Crippen molar-refractivity contribution in [2.24, 2.45) is 5.41 Å². The lowest BCUT2D eigenvalue weighted by Crippen LogP contribution is -2.34. The Morgan fingerprint density at radius 3 is 1.79 bits per heavy atom. The van der Waals surface area contributed by atoms with Gasteiger partial charge in [-0.1, -0.05) is 0 Å². The van der Waals surface area contributed by atoms with Crippen LogP contribution < -0.4 is 0 Å². The van der Waals surface area contributed by atoms with Gasteiger partial charge in [0.15, 0.2) is 0 Å². The van der Waals surface area contributed by atoms with Crippen molar-refractivity contribution in [1.29, 1.82) is 0 Å².